The fourth-order valence-corrected chi connectivity index (χ4v) is 5.57. The van der Waals surface area contributed by atoms with E-state index in [4.69, 9.17) is 4.98 Å². The highest BCUT2D eigenvalue weighted by Gasteiger charge is 2.22. The number of hydrogen-bond acceptors (Lipinski definition) is 6. The van der Waals surface area contributed by atoms with E-state index in [9.17, 15) is 9.59 Å². The van der Waals surface area contributed by atoms with Crippen molar-refractivity contribution < 1.29 is 4.79 Å². The third-order valence-electron chi connectivity index (χ3n) is 6.47. The average Bonchev–Trinajstić information content (AvgIpc) is 3.06. The number of thiazole rings is 1. The summed E-state index contributed by atoms with van der Waals surface area (Å²) in [6, 6.07) is 5.38. The first kappa shape index (κ1) is 21.1. The van der Waals surface area contributed by atoms with Crippen LogP contribution in [0.2, 0.25) is 0 Å². The van der Waals surface area contributed by atoms with Gasteiger partial charge >= 0.3 is 0 Å². The molecule has 7 nitrogen and oxygen atoms in total. The van der Waals surface area contributed by atoms with Gasteiger partial charge in [0.05, 0.1) is 16.6 Å². The molecule has 1 fully saturated rings. The van der Waals surface area contributed by atoms with Crippen LogP contribution in [0.25, 0.3) is 10.9 Å². The molecule has 32 heavy (non-hydrogen) atoms. The van der Waals surface area contributed by atoms with Gasteiger partial charge in [0.15, 0.2) is 5.13 Å². The number of carbonyl (C=O) groups is 1. The zero-order chi connectivity index (χ0) is 22.1. The maximum atomic E-state index is 13.3. The molecule has 2 aliphatic rings. The average molecular weight is 452 g/mol. The third kappa shape index (κ3) is 4.16. The van der Waals surface area contributed by atoms with Crippen molar-refractivity contribution in [2.45, 2.75) is 52.0 Å². The molecule has 4 heterocycles. The molecule has 168 valence electrons. The number of amides is 1. The molecule has 2 aromatic heterocycles. The maximum absolute atomic E-state index is 13.3. The molecular formula is C24H29N5O2S. The summed E-state index contributed by atoms with van der Waals surface area (Å²) < 4.78 is 1.84. The Morgan fingerprint density at radius 3 is 2.69 bits per heavy atom. The van der Waals surface area contributed by atoms with E-state index in [0.29, 0.717) is 23.0 Å². The molecule has 0 spiro atoms. The quantitative estimate of drug-likeness (QED) is 0.595. The van der Waals surface area contributed by atoms with Gasteiger partial charge in [0, 0.05) is 50.1 Å². The topological polar surface area (TPSA) is 71.3 Å². The Labute approximate surface area is 191 Å². The molecule has 1 saturated heterocycles. The first-order chi connectivity index (χ1) is 15.6. The Morgan fingerprint density at radius 1 is 0.969 bits per heavy atom. The van der Waals surface area contributed by atoms with E-state index in [-0.39, 0.29) is 11.5 Å². The summed E-state index contributed by atoms with van der Waals surface area (Å²) in [7, 11) is 0. The van der Waals surface area contributed by atoms with Gasteiger partial charge in [-0.25, -0.2) is 9.97 Å². The Bertz CT molecular complexity index is 1200. The summed E-state index contributed by atoms with van der Waals surface area (Å²) in [5.74, 6) is 0.869. The standard InChI is InChI=1S/C24H29N5O2S/c1-17-16-32-24(25-17)28-11-6-10-27(13-14-28)22(30)18-8-9-19-20(15-18)26-21-7-4-2-3-5-12-29(21)23(19)31/h8-9,15-16H,2-7,10-14H2,1H3. The van der Waals surface area contributed by atoms with Gasteiger partial charge in [-0.05, 0) is 44.4 Å². The van der Waals surface area contributed by atoms with Crippen molar-refractivity contribution in [3.63, 3.8) is 0 Å². The lowest BCUT2D eigenvalue weighted by atomic mass is 10.1. The van der Waals surface area contributed by atoms with Crippen LogP contribution >= 0.6 is 11.3 Å². The van der Waals surface area contributed by atoms with Gasteiger partial charge in [-0.15, -0.1) is 11.3 Å². The van der Waals surface area contributed by atoms with Crippen molar-refractivity contribution in [3.8, 4) is 0 Å². The lowest BCUT2D eigenvalue weighted by molar-refractivity contribution is 0.0767. The predicted octanol–water partition coefficient (Wildman–Crippen LogP) is 3.63. The fourth-order valence-electron chi connectivity index (χ4n) is 4.71. The number of rotatable bonds is 2. The Morgan fingerprint density at radius 2 is 1.84 bits per heavy atom. The monoisotopic (exact) mass is 451 g/mol. The Kier molecular flexibility index (Phi) is 5.95. The van der Waals surface area contributed by atoms with Gasteiger partial charge in [0.1, 0.15) is 5.82 Å². The highest BCUT2D eigenvalue weighted by atomic mass is 32.1. The van der Waals surface area contributed by atoms with Gasteiger partial charge in [-0.1, -0.05) is 12.8 Å². The summed E-state index contributed by atoms with van der Waals surface area (Å²) >= 11 is 1.66. The normalized spacial score (nSPS) is 17.5. The van der Waals surface area contributed by atoms with Gasteiger partial charge in [0.2, 0.25) is 0 Å². The first-order valence-corrected chi connectivity index (χ1v) is 12.5. The van der Waals surface area contributed by atoms with E-state index in [1.807, 2.05) is 22.5 Å². The number of fused-ring (bicyclic) bond motifs is 2. The van der Waals surface area contributed by atoms with Crippen LogP contribution in [0.1, 0.15) is 54.0 Å². The van der Waals surface area contributed by atoms with Crippen LogP contribution in [0.15, 0.2) is 28.4 Å². The summed E-state index contributed by atoms with van der Waals surface area (Å²) in [4.78, 5) is 40.0. The zero-order valence-corrected chi connectivity index (χ0v) is 19.4. The van der Waals surface area contributed by atoms with Crippen molar-refractivity contribution in [1.82, 2.24) is 19.4 Å². The number of hydrogen-bond donors (Lipinski definition) is 0. The van der Waals surface area contributed by atoms with E-state index >= 15 is 0 Å². The minimum atomic E-state index is 0.0118. The fraction of sp³-hybridized carbons (Fsp3) is 0.500. The number of aryl methyl sites for hydroxylation is 2. The van der Waals surface area contributed by atoms with Crippen LogP contribution in [0.3, 0.4) is 0 Å². The molecule has 0 saturated carbocycles. The molecule has 5 rings (SSSR count). The van der Waals surface area contributed by atoms with Gasteiger partial charge in [0.25, 0.3) is 11.5 Å². The molecule has 0 bridgehead atoms. The summed E-state index contributed by atoms with van der Waals surface area (Å²) in [6.45, 7) is 5.81. The van der Waals surface area contributed by atoms with Crippen LogP contribution in [-0.4, -0.2) is 51.5 Å². The SMILES string of the molecule is Cc1csc(N2CCCN(C(=O)c3ccc4c(=O)n5c(nc4c3)CCCCCC5)CC2)n1. The second-order valence-corrected chi connectivity index (χ2v) is 9.62. The third-order valence-corrected chi connectivity index (χ3v) is 7.49. The molecule has 0 unspecified atom stereocenters. The molecule has 3 aromatic rings. The van der Waals surface area contributed by atoms with E-state index < -0.39 is 0 Å². The number of carbonyl (C=O) groups excluding carboxylic acids is 1. The second-order valence-electron chi connectivity index (χ2n) is 8.79. The Balaban J connectivity index is 1.38. The van der Waals surface area contributed by atoms with E-state index in [2.05, 4.69) is 15.3 Å². The molecule has 1 amide bonds. The van der Waals surface area contributed by atoms with E-state index in [1.165, 1.54) is 6.42 Å². The highest BCUT2D eigenvalue weighted by molar-refractivity contribution is 7.13. The number of aromatic nitrogens is 3. The van der Waals surface area contributed by atoms with E-state index in [1.54, 1.807) is 23.5 Å². The van der Waals surface area contributed by atoms with Crippen LogP contribution in [-0.2, 0) is 13.0 Å². The van der Waals surface area contributed by atoms with E-state index in [0.717, 1.165) is 74.9 Å². The molecule has 0 N–H and O–H groups in total. The van der Waals surface area contributed by atoms with Crippen molar-refractivity contribution in [2.75, 3.05) is 31.1 Å². The smallest absolute Gasteiger partial charge is 0.261 e. The summed E-state index contributed by atoms with van der Waals surface area (Å²) in [6.07, 6.45) is 6.14. The molecule has 0 aliphatic carbocycles. The number of nitrogens with zero attached hydrogens (tertiary/aromatic N) is 5. The highest BCUT2D eigenvalue weighted by Crippen LogP contribution is 2.22. The predicted molar refractivity (Wildman–Crippen MR) is 128 cm³/mol. The number of benzene rings is 1. The molecule has 0 radical (unpaired) electrons. The lowest BCUT2D eigenvalue weighted by Crippen LogP contribution is -2.35. The minimum Gasteiger partial charge on any atom is -0.346 e. The van der Waals surface area contributed by atoms with Crippen LogP contribution in [0, 0.1) is 6.92 Å². The van der Waals surface area contributed by atoms with Crippen molar-refractivity contribution in [2.24, 2.45) is 0 Å². The molecule has 2 aliphatic heterocycles. The van der Waals surface area contributed by atoms with Crippen LogP contribution < -0.4 is 10.5 Å². The van der Waals surface area contributed by atoms with Gasteiger partial charge < -0.3 is 9.80 Å². The van der Waals surface area contributed by atoms with Crippen molar-refractivity contribution in [3.05, 3.63) is 51.0 Å². The molecule has 1 aromatic carbocycles. The lowest BCUT2D eigenvalue weighted by Gasteiger charge is -2.22. The zero-order valence-electron chi connectivity index (χ0n) is 18.5. The minimum absolute atomic E-state index is 0.0118. The second kappa shape index (κ2) is 9.02. The number of anilines is 1. The largest absolute Gasteiger partial charge is 0.346 e. The molecule has 0 atom stereocenters. The van der Waals surface area contributed by atoms with Gasteiger partial charge in [-0.2, -0.15) is 0 Å². The van der Waals surface area contributed by atoms with Crippen molar-refractivity contribution in [1.29, 1.82) is 0 Å². The molecule has 8 heteroatoms. The summed E-state index contributed by atoms with van der Waals surface area (Å²) in [5, 5.41) is 3.70. The van der Waals surface area contributed by atoms with Crippen molar-refractivity contribution >= 4 is 33.3 Å². The molecular weight excluding hydrogens is 422 g/mol. The van der Waals surface area contributed by atoms with Gasteiger partial charge in [-0.3, -0.25) is 14.2 Å². The van der Waals surface area contributed by atoms with Crippen LogP contribution in [0.5, 0.6) is 0 Å². The Hall–Kier alpha value is -2.74. The van der Waals surface area contributed by atoms with Crippen LogP contribution in [0.4, 0.5) is 5.13 Å². The summed E-state index contributed by atoms with van der Waals surface area (Å²) in [5.41, 5.74) is 2.31. The first-order valence-electron chi connectivity index (χ1n) is 11.6. The maximum Gasteiger partial charge on any atom is 0.261 e.